The van der Waals surface area contributed by atoms with Crippen LogP contribution in [-0.2, 0) is 11.3 Å². The summed E-state index contributed by atoms with van der Waals surface area (Å²) in [6.45, 7) is 1.73. The van der Waals surface area contributed by atoms with Crippen molar-refractivity contribution in [3.63, 3.8) is 0 Å². The number of rotatable bonds is 8. The Labute approximate surface area is 152 Å². The molecule has 0 spiro atoms. The molecule has 1 heterocycles. The SMILES string of the molecule is COCCNc1nc(NCc2ccc(F)cc2)cc(-c2ccccc2)n1. The van der Waals surface area contributed by atoms with E-state index in [0.29, 0.717) is 31.5 Å². The second-order valence-electron chi connectivity index (χ2n) is 5.73. The maximum absolute atomic E-state index is 13.0. The Hall–Kier alpha value is -2.99. The molecule has 0 aliphatic rings. The van der Waals surface area contributed by atoms with Crippen LogP contribution in [0.25, 0.3) is 11.3 Å². The summed E-state index contributed by atoms with van der Waals surface area (Å²) >= 11 is 0. The number of aromatic nitrogens is 2. The number of halogens is 1. The highest BCUT2D eigenvalue weighted by Gasteiger charge is 2.07. The van der Waals surface area contributed by atoms with Crippen molar-refractivity contribution in [2.24, 2.45) is 0 Å². The van der Waals surface area contributed by atoms with E-state index >= 15 is 0 Å². The average molecular weight is 352 g/mol. The van der Waals surface area contributed by atoms with E-state index in [-0.39, 0.29) is 5.82 Å². The first-order valence-electron chi connectivity index (χ1n) is 8.40. The predicted octanol–water partition coefficient (Wildman–Crippen LogP) is 3.95. The minimum atomic E-state index is -0.244. The number of methoxy groups -OCH3 is 1. The van der Waals surface area contributed by atoms with E-state index in [9.17, 15) is 4.39 Å². The highest BCUT2D eigenvalue weighted by Crippen LogP contribution is 2.21. The summed E-state index contributed by atoms with van der Waals surface area (Å²) in [5, 5.41) is 6.44. The second kappa shape index (κ2) is 8.92. The first-order valence-corrected chi connectivity index (χ1v) is 8.40. The lowest BCUT2D eigenvalue weighted by atomic mass is 10.1. The fourth-order valence-electron chi connectivity index (χ4n) is 2.43. The molecule has 1 aromatic heterocycles. The highest BCUT2D eigenvalue weighted by molar-refractivity contribution is 5.64. The lowest BCUT2D eigenvalue weighted by molar-refractivity contribution is 0.210. The highest BCUT2D eigenvalue weighted by atomic mass is 19.1. The monoisotopic (exact) mass is 352 g/mol. The molecule has 3 rings (SSSR count). The molecule has 0 bridgehead atoms. The van der Waals surface area contributed by atoms with Crippen molar-refractivity contribution in [3.8, 4) is 11.3 Å². The third kappa shape index (κ3) is 5.00. The first-order chi connectivity index (χ1) is 12.7. The zero-order chi connectivity index (χ0) is 18.2. The average Bonchev–Trinajstić information content (AvgIpc) is 2.68. The predicted molar refractivity (Wildman–Crippen MR) is 102 cm³/mol. The Morgan fingerprint density at radius 3 is 2.46 bits per heavy atom. The second-order valence-corrected chi connectivity index (χ2v) is 5.73. The van der Waals surface area contributed by atoms with Crippen LogP contribution in [0.3, 0.4) is 0 Å². The van der Waals surface area contributed by atoms with Crippen LogP contribution < -0.4 is 10.6 Å². The smallest absolute Gasteiger partial charge is 0.225 e. The molecule has 2 N–H and O–H groups in total. The number of nitrogens with zero attached hydrogens (tertiary/aromatic N) is 2. The summed E-state index contributed by atoms with van der Waals surface area (Å²) in [5.41, 5.74) is 2.80. The van der Waals surface area contributed by atoms with E-state index in [4.69, 9.17) is 4.74 Å². The van der Waals surface area contributed by atoms with Gasteiger partial charge in [0, 0.05) is 31.8 Å². The molecule has 26 heavy (non-hydrogen) atoms. The molecule has 0 saturated carbocycles. The molecule has 0 fully saturated rings. The molecule has 3 aromatic rings. The zero-order valence-electron chi connectivity index (χ0n) is 14.6. The number of nitrogens with one attached hydrogen (secondary N) is 2. The summed E-state index contributed by atoms with van der Waals surface area (Å²) in [7, 11) is 1.65. The maximum atomic E-state index is 13.0. The molecule has 0 aliphatic heterocycles. The molecule has 0 amide bonds. The number of benzene rings is 2. The molecule has 0 radical (unpaired) electrons. The van der Waals surface area contributed by atoms with Gasteiger partial charge in [0.1, 0.15) is 11.6 Å². The summed E-state index contributed by atoms with van der Waals surface area (Å²) in [4.78, 5) is 9.08. The van der Waals surface area contributed by atoms with Crippen LogP contribution >= 0.6 is 0 Å². The maximum Gasteiger partial charge on any atom is 0.225 e. The van der Waals surface area contributed by atoms with E-state index in [1.54, 1.807) is 19.2 Å². The molecule has 0 saturated heterocycles. The lowest BCUT2D eigenvalue weighted by Gasteiger charge is -2.11. The molecule has 0 unspecified atom stereocenters. The Bertz CT molecular complexity index is 825. The van der Waals surface area contributed by atoms with Gasteiger partial charge in [-0.2, -0.15) is 4.98 Å². The minimum absolute atomic E-state index is 0.244. The van der Waals surface area contributed by atoms with Crippen LogP contribution in [0.5, 0.6) is 0 Å². The van der Waals surface area contributed by atoms with Crippen molar-refractivity contribution < 1.29 is 9.13 Å². The number of hydrogen-bond donors (Lipinski definition) is 2. The van der Waals surface area contributed by atoms with Crippen molar-refractivity contribution in [2.45, 2.75) is 6.54 Å². The zero-order valence-corrected chi connectivity index (χ0v) is 14.6. The van der Waals surface area contributed by atoms with Gasteiger partial charge in [0.25, 0.3) is 0 Å². The van der Waals surface area contributed by atoms with Crippen molar-refractivity contribution in [1.82, 2.24) is 9.97 Å². The van der Waals surface area contributed by atoms with Crippen LogP contribution in [0.1, 0.15) is 5.56 Å². The van der Waals surface area contributed by atoms with Gasteiger partial charge in [-0.1, -0.05) is 42.5 Å². The van der Waals surface area contributed by atoms with Crippen molar-refractivity contribution in [3.05, 3.63) is 72.0 Å². The van der Waals surface area contributed by atoms with Gasteiger partial charge < -0.3 is 15.4 Å². The third-order valence-corrected chi connectivity index (χ3v) is 3.77. The van der Waals surface area contributed by atoms with Gasteiger partial charge >= 0.3 is 0 Å². The fraction of sp³-hybridized carbons (Fsp3) is 0.200. The Morgan fingerprint density at radius 2 is 1.73 bits per heavy atom. The standard InChI is InChI=1S/C20H21FN4O/c1-26-12-11-22-20-24-18(16-5-3-2-4-6-16)13-19(25-20)23-14-15-7-9-17(21)10-8-15/h2-10,13H,11-12,14H2,1H3,(H2,22,23,24,25). The quantitative estimate of drug-likeness (QED) is 0.601. The van der Waals surface area contributed by atoms with Crippen LogP contribution in [0, 0.1) is 5.82 Å². The van der Waals surface area contributed by atoms with Gasteiger partial charge in [0.2, 0.25) is 5.95 Å². The molecule has 6 heteroatoms. The Kier molecular flexibility index (Phi) is 6.11. The number of ether oxygens (including phenoxy) is 1. The van der Waals surface area contributed by atoms with E-state index in [2.05, 4.69) is 20.6 Å². The van der Waals surface area contributed by atoms with Crippen molar-refractivity contribution in [1.29, 1.82) is 0 Å². The fourth-order valence-corrected chi connectivity index (χ4v) is 2.43. The number of anilines is 2. The summed E-state index contributed by atoms with van der Waals surface area (Å²) < 4.78 is 18.1. The van der Waals surface area contributed by atoms with Crippen LogP contribution in [0.4, 0.5) is 16.2 Å². The van der Waals surface area contributed by atoms with E-state index in [1.165, 1.54) is 12.1 Å². The van der Waals surface area contributed by atoms with E-state index < -0.39 is 0 Å². The van der Waals surface area contributed by atoms with Gasteiger partial charge in [-0.3, -0.25) is 0 Å². The largest absolute Gasteiger partial charge is 0.383 e. The van der Waals surface area contributed by atoms with Crippen LogP contribution in [0.15, 0.2) is 60.7 Å². The van der Waals surface area contributed by atoms with Gasteiger partial charge in [0.15, 0.2) is 0 Å². The third-order valence-electron chi connectivity index (χ3n) is 3.77. The lowest BCUT2D eigenvalue weighted by Crippen LogP contribution is -2.12. The summed E-state index contributed by atoms with van der Waals surface area (Å²) in [6, 6.07) is 18.2. The minimum Gasteiger partial charge on any atom is -0.383 e. The normalized spacial score (nSPS) is 10.5. The summed E-state index contributed by atoms with van der Waals surface area (Å²) in [5.74, 6) is 0.986. The van der Waals surface area contributed by atoms with E-state index in [0.717, 1.165) is 16.8 Å². The van der Waals surface area contributed by atoms with Crippen molar-refractivity contribution in [2.75, 3.05) is 30.9 Å². The van der Waals surface area contributed by atoms with Gasteiger partial charge in [-0.25, -0.2) is 9.37 Å². The number of hydrogen-bond acceptors (Lipinski definition) is 5. The topological polar surface area (TPSA) is 59.1 Å². The molecular weight excluding hydrogens is 331 g/mol. The molecule has 0 atom stereocenters. The Morgan fingerprint density at radius 1 is 0.962 bits per heavy atom. The molecule has 134 valence electrons. The van der Waals surface area contributed by atoms with Gasteiger partial charge in [-0.05, 0) is 17.7 Å². The molecule has 5 nitrogen and oxygen atoms in total. The van der Waals surface area contributed by atoms with E-state index in [1.807, 2.05) is 36.4 Å². The summed E-state index contributed by atoms with van der Waals surface area (Å²) in [6.07, 6.45) is 0. The van der Waals surface area contributed by atoms with Gasteiger partial charge in [0.05, 0.1) is 12.3 Å². The Balaban J connectivity index is 1.80. The molecule has 0 aliphatic carbocycles. The van der Waals surface area contributed by atoms with Crippen molar-refractivity contribution >= 4 is 11.8 Å². The van der Waals surface area contributed by atoms with Crippen LogP contribution in [-0.4, -0.2) is 30.2 Å². The molecular formula is C20H21FN4O. The molecule has 2 aromatic carbocycles. The van der Waals surface area contributed by atoms with Gasteiger partial charge in [-0.15, -0.1) is 0 Å². The van der Waals surface area contributed by atoms with Crippen LogP contribution in [0.2, 0.25) is 0 Å². The first kappa shape index (κ1) is 17.8.